The number of aromatic nitrogens is 2. The largest absolute Gasteiger partial charge is 0.493 e. The quantitative estimate of drug-likeness (QED) is 0.504. The summed E-state index contributed by atoms with van der Waals surface area (Å²) < 4.78 is 5.50. The van der Waals surface area contributed by atoms with Gasteiger partial charge in [0.05, 0.1) is 24.6 Å². The molecule has 1 aromatic carbocycles. The van der Waals surface area contributed by atoms with E-state index >= 15 is 0 Å². The monoisotopic (exact) mass is 384 g/mol. The van der Waals surface area contributed by atoms with Crippen LogP contribution in [0, 0.1) is 13.8 Å². The topological polar surface area (TPSA) is 96.4 Å². The van der Waals surface area contributed by atoms with Crippen molar-refractivity contribution in [3.8, 4) is 5.75 Å². The molecule has 8 heteroatoms. The van der Waals surface area contributed by atoms with E-state index in [1.165, 1.54) is 17.6 Å². The molecule has 0 aliphatic rings. The lowest BCUT2D eigenvalue weighted by Gasteiger charge is -2.05. The number of carbonyl (C=O) groups excluding carboxylic acids is 1. The molecule has 0 atom stereocenters. The summed E-state index contributed by atoms with van der Waals surface area (Å²) in [5, 5.41) is 4.55. The number of hydrazone groups is 1. The molecule has 0 saturated heterocycles. The zero-order valence-corrected chi connectivity index (χ0v) is 16.1. The number of thiophene rings is 1. The number of hydrogen-bond acceptors (Lipinski definition) is 6. The number of ether oxygens (including phenoxy) is 1. The number of para-hydroxylation sites is 1. The second-order valence-corrected chi connectivity index (χ2v) is 7.12. The second kappa shape index (κ2) is 8.13. The van der Waals surface area contributed by atoms with Crippen LogP contribution in [0.25, 0.3) is 10.2 Å². The molecule has 3 aromatic rings. The van der Waals surface area contributed by atoms with Gasteiger partial charge < -0.3 is 9.72 Å². The highest BCUT2D eigenvalue weighted by molar-refractivity contribution is 7.18. The third kappa shape index (κ3) is 4.22. The first-order valence-electron chi connectivity index (χ1n) is 8.52. The highest BCUT2D eigenvalue weighted by Crippen LogP contribution is 2.25. The molecule has 2 aromatic heterocycles. The van der Waals surface area contributed by atoms with E-state index in [4.69, 9.17) is 4.74 Å². The SMILES string of the molecule is CCOc1ccccc1/C=N\NC(=O)Cc1nc2sc(C)c(C)c2c(=O)[nH]1. The van der Waals surface area contributed by atoms with E-state index < -0.39 is 0 Å². The normalized spacial score (nSPS) is 11.2. The standard InChI is InChI=1S/C19H20N4O3S/c1-4-26-14-8-6-5-7-13(14)10-20-23-16(24)9-15-21-18(25)17-11(2)12(3)27-19(17)22-15/h5-8,10H,4,9H2,1-3H3,(H,23,24)(H,21,22,25)/b20-10-. The van der Waals surface area contributed by atoms with E-state index in [2.05, 4.69) is 20.5 Å². The van der Waals surface area contributed by atoms with Crippen molar-refractivity contribution < 1.29 is 9.53 Å². The Bertz CT molecular complexity index is 1070. The van der Waals surface area contributed by atoms with Gasteiger partial charge in [-0.05, 0) is 38.5 Å². The molecule has 1 amide bonds. The van der Waals surface area contributed by atoms with Gasteiger partial charge >= 0.3 is 0 Å². The van der Waals surface area contributed by atoms with E-state index in [9.17, 15) is 9.59 Å². The number of H-pyrrole nitrogens is 1. The lowest BCUT2D eigenvalue weighted by molar-refractivity contribution is -0.120. The van der Waals surface area contributed by atoms with Crippen LogP contribution in [0.5, 0.6) is 5.75 Å². The Hall–Kier alpha value is -3.00. The zero-order valence-electron chi connectivity index (χ0n) is 15.3. The number of benzene rings is 1. The molecule has 0 aliphatic carbocycles. The van der Waals surface area contributed by atoms with E-state index in [-0.39, 0.29) is 17.9 Å². The molecule has 0 saturated carbocycles. The Morgan fingerprint density at radius 2 is 2.15 bits per heavy atom. The molecular weight excluding hydrogens is 364 g/mol. The van der Waals surface area contributed by atoms with Crippen LogP contribution in [0.3, 0.4) is 0 Å². The fourth-order valence-corrected chi connectivity index (χ4v) is 3.67. The smallest absolute Gasteiger partial charge is 0.259 e. The highest BCUT2D eigenvalue weighted by Gasteiger charge is 2.13. The van der Waals surface area contributed by atoms with Crippen LogP contribution in [0.15, 0.2) is 34.2 Å². The van der Waals surface area contributed by atoms with E-state index in [1.807, 2.05) is 45.0 Å². The minimum Gasteiger partial charge on any atom is -0.493 e. The number of amides is 1. The summed E-state index contributed by atoms with van der Waals surface area (Å²) in [6.45, 7) is 6.28. The van der Waals surface area contributed by atoms with Crippen molar-refractivity contribution in [3.05, 3.63) is 56.4 Å². The molecule has 27 heavy (non-hydrogen) atoms. The number of rotatable bonds is 6. The molecule has 2 heterocycles. The van der Waals surface area contributed by atoms with Crippen molar-refractivity contribution in [2.75, 3.05) is 6.61 Å². The predicted molar refractivity (Wildman–Crippen MR) is 107 cm³/mol. The van der Waals surface area contributed by atoms with E-state index in [0.717, 1.165) is 16.0 Å². The first kappa shape index (κ1) is 18.8. The number of nitrogens with one attached hydrogen (secondary N) is 2. The maximum atomic E-state index is 12.2. The Balaban J connectivity index is 1.70. The van der Waals surface area contributed by atoms with Gasteiger partial charge in [-0.25, -0.2) is 10.4 Å². The minimum atomic E-state index is -0.368. The van der Waals surface area contributed by atoms with Crippen LogP contribution < -0.4 is 15.7 Å². The fraction of sp³-hybridized carbons (Fsp3) is 0.263. The predicted octanol–water partition coefficient (Wildman–Crippen LogP) is 2.69. The van der Waals surface area contributed by atoms with Crippen molar-refractivity contribution in [2.24, 2.45) is 5.10 Å². The van der Waals surface area contributed by atoms with Crippen molar-refractivity contribution in [1.29, 1.82) is 0 Å². The molecule has 0 bridgehead atoms. The molecule has 3 rings (SSSR count). The van der Waals surface area contributed by atoms with Crippen LogP contribution in [-0.2, 0) is 11.2 Å². The Labute approximate surface area is 160 Å². The maximum Gasteiger partial charge on any atom is 0.259 e. The van der Waals surface area contributed by atoms with Gasteiger partial charge in [0.25, 0.3) is 5.56 Å². The minimum absolute atomic E-state index is 0.0639. The molecule has 0 radical (unpaired) electrons. The van der Waals surface area contributed by atoms with Crippen molar-refractivity contribution >= 4 is 33.7 Å². The summed E-state index contributed by atoms with van der Waals surface area (Å²) >= 11 is 1.45. The number of carbonyl (C=O) groups is 1. The zero-order chi connectivity index (χ0) is 19.4. The Morgan fingerprint density at radius 3 is 2.93 bits per heavy atom. The lowest BCUT2D eigenvalue weighted by Crippen LogP contribution is -2.23. The average molecular weight is 384 g/mol. The number of hydrogen-bond donors (Lipinski definition) is 2. The molecule has 0 aliphatic heterocycles. The molecule has 0 spiro atoms. The van der Waals surface area contributed by atoms with Crippen LogP contribution in [0.2, 0.25) is 0 Å². The molecule has 140 valence electrons. The van der Waals surface area contributed by atoms with Crippen molar-refractivity contribution in [2.45, 2.75) is 27.2 Å². The third-order valence-electron chi connectivity index (χ3n) is 4.03. The van der Waals surface area contributed by atoms with Gasteiger partial charge in [-0.1, -0.05) is 12.1 Å². The lowest BCUT2D eigenvalue weighted by atomic mass is 10.2. The van der Waals surface area contributed by atoms with Gasteiger partial charge in [-0.2, -0.15) is 5.10 Å². The fourth-order valence-electron chi connectivity index (χ4n) is 2.62. The van der Waals surface area contributed by atoms with Crippen LogP contribution >= 0.6 is 11.3 Å². The molecular formula is C19H20N4O3S. The molecule has 0 unspecified atom stereocenters. The van der Waals surface area contributed by atoms with Crippen LogP contribution in [0.1, 0.15) is 28.8 Å². The third-order valence-corrected chi connectivity index (χ3v) is 5.13. The van der Waals surface area contributed by atoms with E-state index in [0.29, 0.717) is 28.4 Å². The summed E-state index contributed by atoms with van der Waals surface area (Å²) in [6.07, 6.45) is 1.46. The Kier molecular flexibility index (Phi) is 5.66. The first-order valence-corrected chi connectivity index (χ1v) is 9.34. The van der Waals surface area contributed by atoms with Gasteiger partial charge in [0.2, 0.25) is 5.91 Å². The van der Waals surface area contributed by atoms with Gasteiger partial charge in [-0.3, -0.25) is 9.59 Å². The second-order valence-electron chi connectivity index (χ2n) is 5.92. The van der Waals surface area contributed by atoms with E-state index in [1.54, 1.807) is 0 Å². The van der Waals surface area contributed by atoms with Crippen LogP contribution in [-0.4, -0.2) is 28.7 Å². The van der Waals surface area contributed by atoms with Crippen molar-refractivity contribution in [1.82, 2.24) is 15.4 Å². The number of aromatic amines is 1. The number of nitrogens with zero attached hydrogens (tertiary/aromatic N) is 2. The van der Waals surface area contributed by atoms with Gasteiger partial charge in [-0.15, -0.1) is 11.3 Å². The average Bonchev–Trinajstić information content (AvgIpc) is 2.91. The van der Waals surface area contributed by atoms with Gasteiger partial charge in [0, 0.05) is 10.4 Å². The summed E-state index contributed by atoms with van der Waals surface area (Å²) in [6, 6.07) is 7.41. The number of aryl methyl sites for hydroxylation is 2. The van der Waals surface area contributed by atoms with Gasteiger partial charge in [0.15, 0.2) is 0 Å². The first-order chi connectivity index (χ1) is 13.0. The highest BCUT2D eigenvalue weighted by atomic mass is 32.1. The molecule has 7 nitrogen and oxygen atoms in total. The summed E-state index contributed by atoms with van der Waals surface area (Å²) in [4.78, 5) is 33.1. The van der Waals surface area contributed by atoms with Gasteiger partial charge in [0.1, 0.15) is 16.4 Å². The van der Waals surface area contributed by atoms with Crippen molar-refractivity contribution in [3.63, 3.8) is 0 Å². The maximum absolute atomic E-state index is 12.2. The summed E-state index contributed by atoms with van der Waals surface area (Å²) in [5.74, 6) is 0.640. The Morgan fingerprint density at radius 1 is 1.37 bits per heavy atom. The summed E-state index contributed by atoms with van der Waals surface area (Å²) in [5.41, 5.74) is 3.92. The molecule has 0 fully saturated rings. The van der Waals surface area contributed by atoms with Crippen LogP contribution in [0.4, 0.5) is 0 Å². The molecule has 2 N–H and O–H groups in total. The summed E-state index contributed by atoms with van der Waals surface area (Å²) in [7, 11) is 0. The number of fused-ring (bicyclic) bond motifs is 1.